The van der Waals surface area contributed by atoms with Gasteiger partial charge >= 0.3 is 5.97 Å². The first-order valence-electron chi connectivity index (χ1n) is 10.5. The Morgan fingerprint density at radius 3 is 2.33 bits per heavy atom. The lowest BCUT2D eigenvalue weighted by molar-refractivity contribution is 0.0526. The van der Waals surface area contributed by atoms with E-state index in [0.717, 1.165) is 16.3 Å². The molecule has 0 unspecified atom stereocenters. The molecule has 6 heteroatoms. The minimum absolute atomic E-state index is 0.179. The minimum atomic E-state index is -0.406. The normalized spacial score (nSPS) is 10.8. The van der Waals surface area contributed by atoms with E-state index >= 15 is 0 Å². The number of hydrogen-bond acceptors (Lipinski definition) is 3. The molecule has 0 fully saturated rings. The molecule has 0 aliphatic carbocycles. The predicted molar refractivity (Wildman–Crippen MR) is 133 cm³/mol. The van der Waals surface area contributed by atoms with Crippen LogP contribution in [0.1, 0.15) is 33.2 Å². The van der Waals surface area contributed by atoms with Crippen LogP contribution in [0.3, 0.4) is 0 Å². The van der Waals surface area contributed by atoms with E-state index in [0.29, 0.717) is 33.5 Å². The summed E-state index contributed by atoms with van der Waals surface area (Å²) >= 11 is 12.5. The number of nitrogens with zero attached hydrogens (tertiary/aromatic N) is 1. The zero-order valence-corrected chi connectivity index (χ0v) is 19.4. The molecular weight excluding hydrogens is 457 g/mol. The molecule has 4 aromatic carbocycles. The highest BCUT2D eigenvalue weighted by atomic mass is 35.5. The first-order valence-corrected chi connectivity index (χ1v) is 11.2. The van der Waals surface area contributed by atoms with Crippen LogP contribution in [0.25, 0.3) is 10.8 Å². The maximum absolute atomic E-state index is 13.8. The molecule has 0 saturated heterocycles. The van der Waals surface area contributed by atoms with Crippen LogP contribution in [0, 0.1) is 0 Å². The van der Waals surface area contributed by atoms with Crippen molar-refractivity contribution in [2.24, 2.45) is 0 Å². The van der Waals surface area contributed by atoms with Gasteiger partial charge in [0.1, 0.15) is 0 Å². The van der Waals surface area contributed by atoms with Crippen LogP contribution in [0.4, 0.5) is 5.69 Å². The van der Waals surface area contributed by atoms with Crippen molar-refractivity contribution >= 4 is 51.5 Å². The number of fused-ring (bicyclic) bond motifs is 1. The second-order valence-electron chi connectivity index (χ2n) is 7.42. The highest BCUT2D eigenvalue weighted by Crippen LogP contribution is 2.28. The number of hydrogen-bond donors (Lipinski definition) is 0. The minimum Gasteiger partial charge on any atom is -0.462 e. The topological polar surface area (TPSA) is 46.6 Å². The number of ether oxygens (including phenoxy) is 1. The molecule has 0 bridgehead atoms. The highest BCUT2D eigenvalue weighted by Gasteiger charge is 2.22. The number of amides is 1. The van der Waals surface area contributed by atoms with Crippen molar-refractivity contribution in [2.45, 2.75) is 13.5 Å². The summed E-state index contributed by atoms with van der Waals surface area (Å²) in [6, 6.07) is 25.4. The third-order valence-corrected chi connectivity index (χ3v) is 5.89. The summed E-state index contributed by atoms with van der Waals surface area (Å²) in [7, 11) is 0. The Hall–Kier alpha value is -3.34. The molecule has 0 atom stereocenters. The summed E-state index contributed by atoms with van der Waals surface area (Å²) in [6.45, 7) is 2.28. The van der Waals surface area contributed by atoms with Crippen molar-refractivity contribution in [3.8, 4) is 0 Å². The zero-order chi connectivity index (χ0) is 23.4. The summed E-state index contributed by atoms with van der Waals surface area (Å²) in [6.07, 6.45) is 0. The fraction of sp³-hybridized carbons (Fsp3) is 0.111. The molecule has 33 heavy (non-hydrogen) atoms. The number of benzene rings is 4. The Kier molecular flexibility index (Phi) is 6.97. The summed E-state index contributed by atoms with van der Waals surface area (Å²) in [5.41, 5.74) is 2.38. The lowest BCUT2D eigenvalue weighted by atomic mass is 10.0. The van der Waals surface area contributed by atoms with Gasteiger partial charge in [0.2, 0.25) is 0 Å². The lowest BCUT2D eigenvalue weighted by Gasteiger charge is -2.24. The summed E-state index contributed by atoms with van der Waals surface area (Å²) in [5.74, 6) is -0.585. The molecule has 166 valence electrons. The lowest BCUT2D eigenvalue weighted by Crippen LogP contribution is -2.30. The van der Waals surface area contributed by atoms with Crippen molar-refractivity contribution < 1.29 is 14.3 Å². The van der Waals surface area contributed by atoms with Crippen LogP contribution in [-0.2, 0) is 11.3 Å². The number of halogens is 2. The van der Waals surface area contributed by atoms with Gasteiger partial charge in [0, 0.05) is 21.3 Å². The van der Waals surface area contributed by atoms with Gasteiger partial charge in [-0.2, -0.15) is 0 Å². The molecular formula is C27H21Cl2NO3. The molecule has 4 rings (SSSR count). The number of anilines is 1. The van der Waals surface area contributed by atoms with Gasteiger partial charge < -0.3 is 9.64 Å². The monoisotopic (exact) mass is 477 g/mol. The third kappa shape index (κ3) is 5.03. The predicted octanol–water partition coefficient (Wildman–Crippen LogP) is 7.17. The molecule has 0 heterocycles. The standard InChI is InChI=1S/C27H21Cl2NO3/c1-2-33-27(32)19-11-14-22(15-12-19)30(17-20-10-13-21(28)16-25(20)29)26(31)24-9-5-7-18-6-3-4-8-23(18)24/h3-16H,2,17H2,1H3. The fourth-order valence-corrected chi connectivity index (χ4v) is 4.12. The van der Waals surface area contributed by atoms with Gasteiger partial charge in [-0.1, -0.05) is 65.7 Å². The quantitative estimate of drug-likeness (QED) is 0.276. The van der Waals surface area contributed by atoms with Crippen molar-refractivity contribution in [2.75, 3.05) is 11.5 Å². The van der Waals surface area contributed by atoms with E-state index in [1.54, 1.807) is 54.3 Å². The average Bonchev–Trinajstić information content (AvgIpc) is 2.83. The molecule has 4 aromatic rings. The van der Waals surface area contributed by atoms with Gasteiger partial charge in [-0.05, 0) is 65.7 Å². The maximum Gasteiger partial charge on any atom is 0.338 e. The van der Waals surface area contributed by atoms with Gasteiger partial charge in [0.05, 0.1) is 18.7 Å². The number of carbonyl (C=O) groups excluding carboxylic acids is 2. The molecule has 0 aliphatic heterocycles. The van der Waals surface area contributed by atoms with Gasteiger partial charge in [-0.15, -0.1) is 0 Å². The van der Waals surface area contributed by atoms with Crippen LogP contribution in [0.2, 0.25) is 10.0 Å². The molecule has 0 saturated carbocycles. The number of carbonyl (C=O) groups is 2. The van der Waals surface area contributed by atoms with Gasteiger partial charge in [0.25, 0.3) is 5.91 Å². The Balaban J connectivity index is 1.77. The molecule has 1 amide bonds. The number of rotatable bonds is 6. The van der Waals surface area contributed by atoms with E-state index in [1.165, 1.54) is 0 Å². The second-order valence-corrected chi connectivity index (χ2v) is 8.26. The molecule has 0 N–H and O–H groups in total. The maximum atomic E-state index is 13.8. The Labute approximate surface area is 202 Å². The Morgan fingerprint density at radius 1 is 0.879 bits per heavy atom. The molecule has 0 spiro atoms. The van der Waals surface area contributed by atoms with Crippen LogP contribution in [-0.4, -0.2) is 18.5 Å². The first kappa shape index (κ1) is 22.8. The molecule has 0 aromatic heterocycles. The first-order chi connectivity index (χ1) is 16.0. The molecule has 4 nitrogen and oxygen atoms in total. The number of esters is 1. The average molecular weight is 478 g/mol. The van der Waals surface area contributed by atoms with E-state index in [-0.39, 0.29) is 12.5 Å². The van der Waals surface area contributed by atoms with Crippen LogP contribution in [0.15, 0.2) is 84.9 Å². The Bertz CT molecular complexity index is 1310. The van der Waals surface area contributed by atoms with Crippen molar-refractivity contribution in [1.82, 2.24) is 0 Å². The summed E-state index contributed by atoms with van der Waals surface area (Å²) in [5, 5.41) is 2.83. The smallest absolute Gasteiger partial charge is 0.338 e. The van der Waals surface area contributed by atoms with Crippen LogP contribution < -0.4 is 4.90 Å². The van der Waals surface area contributed by atoms with Crippen molar-refractivity contribution in [3.05, 3.63) is 112 Å². The van der Waals surface area contributed by atoms with Crippen LogP contribution >= 0.6 is 23.2 Å². The van der Waals surface area contributed by atoms with E-state index in [4.69, 9.17) is 27.9 Å². The molecule has 0 radical (unpaired) electrons. The van der Waals surface area contributed by atoms with E-state index in [9.17, 15) is 9.59 Å². The summed E-state index contributed by atoms with van der Waals surface area (Å²) in [4.78, 5) is 27.5. The Morgan fingerprint density at radius 2 is 1.61 bits per heavy atom. The summed E-state index contributed by atoms with van der Waals surface area (Å²) < 4.78 is 5.07. The van der Waals surface area contributed by atoms with Crippen molar-refractivity contribution in [3.63, 3.8) is 0 Å². The highest BCUT2D eigenvalue weighted by molar-refractivity contribution is 6.35. The SMILES string of the molecule is CCOC(=O)c1ccc(N(Cc2ccc(Cl)cc2Cl)C(=O)c2cccc3ccccc23)cc1. The van der Waals surface area contributed by atoms with Gasteiger partial charge in [0.15, 0.2) is 0 Å². The van der Waals surface area contributed by atoms with E-state index in [1.807, 2.05) is 42.5 Å². The third-order valence-electron chi connectivity index (χ3n) is 5.30. The largest absolute Gasteiger partial charge is 0.462 e. The van der Waals surface area contributed by atoms with E-state index < -0.39 is 5.97 Å². The van der Waals surface area contributed by atoms with Crippen LogP contribution in [0.5, 0.6) is 0 Å². The van der Waals surface area contributed by atoms with E-state index in [2.05, 4.69) is 0 Å². The fourth-order valence-electron chi connectivity index (χ4n) is 3.65. The second kappa shape index (κ2) is 10.1. The van der Waals surface area contributed by atoms with Crippen molar-refractivity contribution in [1.29, 1.82) is 0 Å². The molecule has 0 aliphatic rings. The van der Waals surface area contributed by atoms with Gasteiger partial charge in [-0.25, -0.2) is 4.79 Å². The zero-order valence-electron chi connectivity index (χ0n) is 17.9. The van der Waals surface area contributed by atoms with Gasteiger partial charge in [-0.3, -0.25) is 4.79 Å².